The van der Waals surface area contributed by atoms with Crippen molar-refractivity contribution in [2.24, 2.45) is 0 Å². The first kappa shape index (κ1) is 17.5. The van der Waals surface area contributed by atoms with Crippen molar-refractivity contribution in [3.8, 4) is 5.75 Å². The van der Waals surface area contributed by atoms with E-state index >= 15 is 0 Å². The number of aliphatic hydroxyl groups is 1. The largest absolute Gasteiger partial charge is 0.497 e. The van der Waals surface area contributed by atoms with Crippen LogP contribution in [0.4, 0.5) is 0 Å². The third-order valence-corrected chi connectivity index (χ3v) is 4.93. The third kappa shape index (κ3) is 3.56. The van der Waals surface area contributed by atoms with Crippen LogP contribution in [-0.4, -0.2) is 28.7 Å². The fourth-order valence-corrected chi connectivity index (χ4v) is 3.35. The van der Waals surface area contributed by atoms with E-state index in [0.29, 0.717) is 11.6 Å². The van der Waals surface area contributed by atoms with Crippen molar-refractivity contribution in [2.75, 3.05) is 7.11 Å². The lowest BCUT2D eigenvalue weighted by atomic mass is 10.0. The second-order valence-corrected chi connectivity index (χ2v) is 6.87. The molecule has 5 heteroatoms. The van der Waals surface area contributed by atoms with Gasteiger partial charge in [0.05, 0.1) is 24.8 Å². The molecule has 1 fully saturated rings. The number of carbonyl (C=O) groups is 1. The van der Waals surface area contributed by atoms with Crippen molar-refractivity contribution in [1.29, 1.82) is 0 Å². The quantitative estimate of drug-likeness (QED) is 0.847. The maximum absolute atomic E-state index is 12.7. The molecular weight excluding hydrogens is 316 g/mol. The first-order chi connectivity index (χ1) is 11.9. The monoisotopic (exact) mass is 342 g/mol. The number of carbonyl (C=O) groups excluding carboxylic acids is 1. The number of aliphatic hydroxyl groups excluding tert-OH is 1. The van der Waals surface area contributed by atoms with Crippen molar-refractivity contribution >= 4 is 5.91 Å². The number of hydrogen-bond acceptors (Lipinski definition) is 3. The topological polar surface area (TPSA) is 63.5 Å². The Labute approximate surface area is 148 Å². The molecule has 0 aliphatic heterocycles. The molecule has 2 N–H and O–H groups in total. The maximum atomic E-state index is 12.7. The number of benzene rings is 1. The van der Waals surface area contributed by atoms with Gasteiger partial charge in [-0.3, -0.25) is 4.79 Å². The Balaban J connectivity index is 1.70. The Morgan fingerprint density at radius 2 is 1.92 bits per heavy atom. The highest BCUT2D eigenvalue weighted by Crippen LogP contribution is 2.38. The minimum atomic E-state index is -0.776. The van der Waals surface area contributed by atoms with E-state index in [-0.39, 0.29) is 5.91 Å². The Morgan fingerprint density at radius 3 is 2.48 bits per heavy atom. The second kappa shape index (κ2) is 6.92. The minimum Gasteiger partial charge on any atom is -0.497 e. The van der Waals surface area contributed by atoms with Crippen LogP contribution in [0.5, 0.6) is 5.75 Å². The van der Waals surface area contributed by atoms with Gasteiger partial charge in [-0.2, -0.15) is 0 Å². The molecule has 1 aliphatic rings. The molecule has 2 aromatic rings. The van der Waals surface area contributed by atoms with Crippen LogP contribution < -0.4 is 10.1 Å². The predicted octanol–water partition coefficient (Wildman–Crippen LogP) is 3.30. The van der Waals surface area contributed by atoms with Gasteiger partial charge in [0.1, 0.15) is 5.75 Å². The molecular formula is C20H26N2O3. The summed E-state index contributed by atoms with van der Waals surface area (Å²) in [5.41, 5.74) is 3.56. The third-order valence-electron chi connectivity index (χ3n) is 4.93. The lowest BCUT2D eigenvalue weighted by Crippen LogP contribution is -2.37. The summed E-state index contributed by atoms with van der Waals surface area (Å²) in [5, 5.41) is 13.4. The number of methoxy groups -OCH3 is 1. The number of nitrogens with one attached hydrogen (secondary N) is 1. The van der Waals surface area contributed by atoms with Crippen molar-refractivity contribution in [3.63, 3.8) is 0 Å². The summed E-state index contributed by atoms with van der Waals surface area (Å²) >= 11 is 0. The first-order valence-electron chi connectivity index (χ1n) is 8.73. The van der Waals surface area contributed by atoms with E-state index in [9.17, 15) is 9.90 Å². The smallest absolute Gasteiger partial charge is 0.253 e. The standard InChI is InChI=1S/C20H26N2O3/c1-12-11-18(14(3)22(12)16-7-8-16)20(24)21-13(2)19(23)15-5-9-17(25-4)10-6-15/h5-6,9-11,13,16,19,23H,7-8H2,1-4H3,(H,21,24). The predicted molar refractivity (Wildman–Crippen MR) is 97.1 cm³/mol. The number of hydrogen-bond donors (Lipinski definition) is 2. The summed E-state index contributed by atoms with van der Waals surface area (Å²) in [4.78, 5) is 12.7. The van der Waals surface area contributed by atoms with Crippen molar-refractivity contribution in [1.82, 2.24) is 9.88 Å². The number of rotatable bonds is 6. The summed E-state index contributed by atoms with van der Waals surface area (Å²) in [6, 6.07) is 9.31. The zero-order valence-corrected chi connectivity index (χ0v) is 15.2. The molecule has 0 radical (unpaired) electrons. The summed E-state index contributed by atoms with van der Waals surface area (Å²) in [5.74, 6) is 0.597. The fraction of sp³-hybridized carbons (Fsp3) is 0.450. The van der Waals surface area contributed by atoms with Gasteiger partial charge in [0.15, 0.2) is 0 Å². The van der Waals surface area contributed by atoms with Gasteiger partial charge < -0.3 is 19.7 Å². The molecule has 1 saturated carbocycles. The van der Waals surface area contributed by atoms with E-state index < -0.39 is 12.1 Å². The Morgan fingerprint density at radius 1 is 1.28 bits per heavy atom. The van der Waals surface area contributed by atoms with E-state index in [2.05, 4.69) is 9.88 Å². The highest BCUT2D eigenvalue weighted by Gasteiger charge is 2.29. The molecule has 5 nitrogen and oxygen atoms in total. The summed E-state index contributed by atoms with van der Waals surface area (Å²) < 4.78 is 7.38. The van der Waals surface area contributed by atoms with Gasteiger partial charge in [0.25, 0.3) is 5.91 Å². The Bertz CT molecular complexity index is 760. The zero-order chi connectivity index (χ0) is 18.1. The van der Waals surface area contributed by atoms with E-state index in [1.807, 2.05) is 39.0 Å². The molecule has 25 heavy (non-hydrogen) atoms. The van der Waals surface area contributed by atoms with Crippen molar-refractivity contribution < 1.29 is 14.6 Å². The van der Waals surface area contributed by atoms with E-state index in [1.165, 1.54) is 12.8 Å². The van der Waals surface area contributed by atoms with Crippen LogP contribution in [0.1, 0.15) is 59.2 Å². The van der Waals surface area contributed by atoms with Gasteiger partial charge in [-0.25, -0.2) is 0 Å². The number of nitrogens with zero attached hydrogens (tertiary/aromatic N) is 1. The van der Waals surface area contributed by atoms with E-state index in [4.69, 9.17) is 4.74 Å². The SMILES string of the molecule is COc1ccc(C(O)C(C)NC(=O)c2cc(C)n(C3CC3)c2C)cc1. The molecule has 0 saturated heterocycles. The molecule has 1 aromatic carbocycles. The van der Waals surface area contributed by atoms with E-state index in [0.717, 1.165) is 22.7 Å². The van der Waals surface area contributed by atoms with Crippen LogP contribution in [0.15, 0.2) is 30.3 Å². The average molecular weight is 342 g/mol. The molecule has 1 aliphatic carbocycles. The Hall–Kier alpha value is -2.27. The van der Waals surface area contributed by atoms with Crippen molar-refractivity contribution in [2.45, 2.75) is 51.8 Å². The average Bonchev–Trinajstić information content (AvgIpc) is 3.39. The Kier molecular flexibility index (Phi) is 4.86. The molecule has 3 rings (SSSR count). The van der Waals surface area contributed by atoms with Crippen LogP contribution in [0.25, 0.3) is 0 Å². The molecule has 1 aromatic heterocycles. The van der Waals surface area contributed by atoms with Gasteiger partial charge in [0.2, 0.25) is 0 Å². The lowest BCUT2D eigenvalue weighted by Gasteiger charge is -2.21. The number of ether oxygens (including phenoxy) is 1. The van der Waals surface area contributed by atoms with Gasteiger partial charge in [-0.15, -0.1) is 0 Å². The van der Waals surface area contributed by atoms with Crippen molar-refractivity contribution in [3.05, 3.63) is 52.8 Å². The molecule has 0 bridgehead atoms. The number of aromatic nitrogens is 1. The minimum absolute atomic E-state index is 0.139. The molecule has 2 atom stereocenters. The molecule has 2 unspecified atom stereocenters. The molecule has 0 spiro atoms. The normalized spacial score (nSPS) is 16.4. The van der Waals surface area contributed by atoms with Crippen LogP contribution in [0, 0.1) is 13.8 Å². The van der Waals surface area contributed by atoms with E-state index in [1.54, 1.807) is 19.2 Å². The van der Waals surface area contributed by atoms with Gasteiger partial charge in [-0.1, -0.05) is 12.1 Å². The highest BCUT2D eigenvalue weighted by atomic mass is 16.5. The van der Waals surface area contributed by atoms with Crippen LogP contribution >= 0.6 is 0 Å². The second-order valence-electron chi connectivity index (χ2n) is 6.87. The molecule has 1 heterocycles. The van der Waals surface area contributed by atoms with Gasteiger partial charge in [0, 0.05) is 17.4 Å². The first-order valence-corrected chi connectivity index (χ1v) is 8.73. The van der Waals surface area contributed by atoms with Crippen LogP contribution in [-0.2, 0) is 0 Å². The maximum Gasteiger partial charge on any atom is 0.253 e. The molecule has 134 valence electrons. The van der Waals surface area contributed by atoms with Gasteiger partial charge >= 0.3 is 0 Å². The molecule has 1 amide bonds. The highest BCUT2D eigenvalue weighted by molar-refractivity contribution is 5.96. The van der Waals surface area contributed by atoms with Crippen LogP contribution in [0.3, 0.4) is 0 Å². The zero-order valence-electron chi connectivity index (χ0n) is 15.2. The fourth-order valence-electron chi connectivity index (χ4n) is 3.35. The summed E-state index contributed by atoms with van der Waals surface area (Å²) in [6.07, 6.45) is 1.59. The summed E-state index contributed by atoms with van der Waals surface area (Å²) in [7, 11) is 1.60. The summed E-state index contributed by atoms with van der Waals surface area (Å²) in [6.45, 7) is 5.84. The number of aryl methyl sites for hydroxylation is 1. The van der Waals surface area contributed by atoms with Crippen LogP contribution in [0.2, 0.25) is 0 Å². The number of amides is 1. The van der Waals surface area contributed by atoms with Gasteiger partial charge in [-0.05, 0) is 57.4 Å². The lowest BCUT2D eigenvalue weighted by molar-refractivity contribution is 0.0851.